The second kappa shape index (κ2) is 5.50. The molecule has 2 aliphatic carbocycles. The van der Waals surface area contributed by atoms with Crippen LogP contribution in [0, 0.1) is 11.3 Å². The molecule has 2 fully saturated rings. The molecule has 1 aromatic rings. The van der Waals surface area contributed by atoms with E-state index in [1.807, 2.05) is 0 Å². The first-order valence-electron chi connectivity index (χ1n) is 8.12. The average Bonchev–Trinajstić information content (AvgIpc) is 3.31. The molecule has 1 aromatic carbocycles. The fraction of sp³-hybridized carbons (Fsp3) is 0.667. The summed E-state index contributed by atoms with van der Waals surface area (Å²) in [6.45, 7) is 2.88. The van der Waals surface area contributed by atoms with E-state index in [2.05, 4.69) is 31.2 Å². The van der Waals surface area contributed by atoms with Crippen LogP contribution in [0.2, 0.25) is 0 Å². The summed E-state index contributed by atoms with van der Waals surface area (Å²) >= 11 is 0. The topological polar surface area (TPSA) is 46.2 Å². The molecule has 0 saturated heterocycles. The van der Waals surface area contributed by atoms with Gasteiger partial charge in [0.25, 0.3) is 0 Å². The number of aliphatic hydroxyl groups excluding tert-OH is 1. The van der Waals surface area contributed by atoms with Gasteiger partial charge in [0.2, 0.25) is 0 Å². The predicted molar refractivity (Wildman–Crippen MR) is 82.5 cm³/mol. The van der Waals surface area contributed by atoms with Crippen LogP contribution in [0.5, 0.6) is 0 Å². The Labute approximate surface area is 122 Å². The molecule has 2 aliphatic rings. The van der Waals surface area contributed by atoms with Gasteiger partial charge >= 0.3 is 0 Å². The highest BCUT2D eigenvalue weighted by Gasteiger charge is 2.41. The quantitative estimate of drug-likeness (QED) is 0.877. The predicted octanol–water partition coefficient (Wildman–Crippen LogP) is 3.75. The lowest BCUT2D eigenvalue weighted by atomic mass is 9.65. The normalized spacial score (nSPS) is 32.0. The Hall–Kier alpha value is -0.860. The lowest BCUT2D eigenvalue weighted by molar-refractivity contribution is -0.0131. The van der Waals surface area contributed by atoms with Crippen molar-refractivity contribution >= 4 is 0 Å². The van der Waals surface area contributed by atoms with E-state index >= 15 is 0 Å². The maximum Gasteiger partial charge on any atom is 0.0858 e. The maximum absolute atomic E-state index is 11.0. The van der Waals surface area contributed by atoms with Crippen molar-refractivity contribution < 1.29 is 5.11 Å². The van der Waals surface area contributed by atoms with Gasteiger partial charge < -0.3 is 10.8 Å². The molecule has 0 heterocycles. The minimum Gasteiger partial charge on any atom is -0.388 e. The minimum absolute atomic E-state index is 0.111. The summed E-state index contributed by atoms with van der Waals surface area (Å²) < 4.78 is 0. The van der Waals surface area contributed by atoms with Crippen molar-refractivity contribution in [2.24, 2.45) is 17.1 Å². The highest BCUT2D eigenvalue weighted by Crippen LogP contribution is 2.48. The van der Waals surface area contributed by atoms with E-state index in [0.717, 1.165) is 24.3 Å². The molecule has 0 aliphatic heterocycles. The third kappa shape index (κ3) is 2.64. The molecule has 2 heteroatoms. The van der Waals surface area contributed by atoms with Gasteiger partial charge in [-0.2, -0.15) is 0 Å². The van der Waals surface area contributed by atoms with E-state index in [1.54, 1.807) is 0 Å². The second-order valence-corrected chi connectivity index (χ2v) is 7.11. The Balaban J connectivity index is 1.85. The molecule has 2 nitrogen and oxygen atoms in total. The Bertz CT molecular complexity index is 468. The van der Waals surface area contributed by atoms with Gasteiger partial charge in [-0.25, -0.2) is 0 Å². The van der Waals surface area contributed by atoms with Crippen LogP contribution in [-0.2, 0) is 0 Å². The standard InChI is InChI=1S/C18H27NO/c1-13-4-3-9-18(11-13,12-19)17(20)16-6-2-5-15(10-16)14-7-8-14/h2,5-6,10,13-14,17,20H,3-4,7-9,11-12,19H2,1H3. The molecule has 0 amide bonds. The lowest BCUT2D eigenvalue weighted by Crippen LogP contribution is -2.40. The molecular formula is C18H27NO. The first-order valence-corrected chi connectivity index (χ1v) is 8.12. The zero-order valence-corrected chi connectivity index (χ0v) is 12.5. The van der Waals surface area contributed by atoms with Crippen LogP contribution in [0.15, 0.2) is 24.3 Å². The number of nitrogens with two attached hydrogens (primary N) is 1. The summed E-state index contributed by atoms with van der Waals surface area (Å²) in [5.41, 5.74) is 8.46. The SMILES string of the molecule is CC1CCCC(CN)(C(O)c2cccc(C3CC3)c2)C1. The Morgan fingerprint density at radius 2 is 2.15 bits per heavy atom. The van der Waals surface area contributed by atoms with E-state index in [4.69, 9.17) is 5.73 Å². The van der Waals surface area contributed by atoms with E-state index in [9.17, 15) is 5.11 Å². The van der Waals surface area contributed by atoms with Gasteiger partial charge in [-0.05, 0) is 48.6 Å². The smallest absolute Gasteiger partial charge is 0.0858 e. The number of rotatable bonds is 4. The lowest BCUT2D eigenvalue weighted by Gasteiger charge is -2.43. The van der Waals surface area contributed by atoms with Crippen molar-refractivity contribution in [1.29, 1.82) is 0 Å². The monoisotopic (exact) mass is 273 g/mol. The molecule has 3 unspecified atom stereocenters. The van der Waals surface area contributed by atoms with Gasteiger partial charge in [0.15, 0.2) is 0 Å². The van der Waals surface area contributed by atoms with Crippen LogP contribution in [0.1, 0.15) is 68.6 Å². The third-order valence-electron chi connectivity index (χ3n) is 5.39. The highest BCUT2D eigenvalue weighted by molar-refractivity contribution is 5.31. The third-order valence-corrected chi connectivity index (χ3v) is 5.39. The van der Waals surface area contributed by atoms with Crippen molar-refractivity contribution in [2.45, 2.75) is 57.5 Å². The van der Waals surface area contributed by atoms with Crippen molar-refractivity contribution in [1.82, 2.24) is 0 Å². The Morgan fingerprint density at radius 3 is 2.80 bits per heavy atom. The zero-order chi connectivity index (χ0) is 14.2. The van der Waals surface area contributed by atoms with Gasteiger partial charge in [-0.1, -0.05) is 44.0 Å². The van der Waals surface area contributed by atoms with Crippen molar-refractivity contribution in [3.63, 3.8) is 0 Å². The number of hydrogen-bond donors (Lipinski definition) is 2. The zero-order valence-electron chi connectivity index (χ0n) is 12.5. The van der Waals surface area contributed by atoms with Crippen LogP contribution >= 0.6 is 0 Å². The molecular weight excluding hydrogens is 246 g/mol. The van der Waals surface area contributed by atoms with Gasteiger partial charge in [0, 0.05) is 12.0 Å². The van der Waals surface area contributed by atoms with E-state index < -0.39 is 6.10 Å². The molecule has 20 heavy (non-hydrogen) atoms. The summed E-state index contributed by atoms with van der Waals surface area (Å²) in [5, 5.41) is 11.0. The van der Waals surface area contributed by atoms with E-state index in [0.29, 0.717) is 12.5 Å². The number of aliphatic hydroxyl groups is 1. The summed E-state index contributed by atoms with van der Waals surface area (Å²) in [4.78, 5) is 0. The van der Waals surface area contributed by atoms with Crippen LogP contribution in [0.25, 0.3) is 0 Å². The van der Waals surface area contributed by atoms with Crippen LogP contribution < -0.4 is 5.73 Å². The van der Waals surface area contributed by atoms with Gasteiger partial charge in [0.1, 0.15) is 0 Å². The minimum atomic E-state index is -0.408. The molecule has 0 aromatic heterocycles. The summed E-state index contributed by atoms with van der Waals surface area (Å²) in [6.07, 6.45) is 6.78. The first kappa shape index (κ1) is 14.1. The van der Waals surface area contributed by atoms with Crippen LogP contribution in [-0.4, -0.2) is 11.7 Å². The summed E-state index contributed by atoms with van der Waals surface area (Å²) in [5.74, 6) is 1.41. The number of benzene rings is 1. The number of hydrogen-bond acceptors (Lipinski definition) is 2. The van der Waals surface area contributed by atoms with Gasteiger partial charge in [0.05, 0.1) is 6.10 Å². The summed E-state index contributed by atoms with van der Waals surface area (Å²) in [7, 11) is 0. The molecule has 0 bridgehead atoms. The van der Waals surface area contributed by atoms with Crippen LogP contribution in [0.4, 0.5) is 0 Å². The second-order valence-electron chi connectivity index (χ2n) is 7.11. The Kier molecular flexibility index (Phi) is 3.87. The van der Waals surface area contributed by atoms with Gasteiger partial charge in [-0.3, -0.25) is 0 Å². The molecule has 3 rings (SSSR count). The average molecular weight is 273 g/mol. The largest absolute Gasteiger partial charge is 0.388 e. The molecule has 3 N–H and O–H groups in total. The maximum atomic E-state index is 11.0. The fourth-order valence-corrected chi connectivity index (χ4v) is 4.00. The van der Waals surface area contributed by atoms with E-state index in [-0.39, 0.29) is 5.41 Å². The summed E-state index contributed by atoms with van der Waals surface area (Å²) in [6, 6.07) is 8.60. The Morgan fingerprint density at radius 1 is 1.35 bits per heavy atom. The fourth-order valence-electron chi connectivity index (χ4n) is 4.00. The van der Waals surface area contributed by atoms with Crippen molar-refractivity contribution in [2.75, 3.05) is 6.54 Å². The van der Waals surface area contributed by atoms with Crippen molar-refractivity contribution in [3.8, 4) is 0 Å². The molecule has 2 saturated carbocycles. The molecule has 0 spiro atoms. The van der Waals surface area contributed by atoms with E-state index in [1.165, 1.54) is 31.2 Å². The molecule has 0 radical (unpaired) electrons. The molecule has 3 atom stereocenters. The first-order chi connectivity index (χ1) is 9.64. The van der Waals surface area contributed by atoms with Crippen LogP contribution in [0.3, 0.4) is 0 Å². The van der Waals surface area contributed by atoms with Crippen molar-refractivity contribution in [3.05, 3.63) is 35.4 Å². The van der Waals surface area contributed by atoms with Gasteiger partial charge in [-0.15, -0.1) is 0 Å². The highest BCUT2D eigenvalue weighted by atomic mass is 16.3. The molecule has 110 valence electrons.